The summed E-state index contributed by atoms with van der Waals surface area (Å²) in [6.45, 7) is 2.58. The van der Waals surface area contributed by atoms with E-state index < -0.39 is 0 Å². The maximum Gasteiger partial charge on any atom is 0.135 e. The molecular weight excluding hydrogens is 256 g/mol. The Morgan fingerprint density at radius 3 is 2.80 bits per heavy atom. The number of aromatic nitrogens is 1. The van der Waals surface area contributed by atoms with Crippen molar-refractivity contribution < 1.29 is 4.74 Å². The molecule has 0 aliphatic carbocycles. The summed E-state index contributed by atoms with van der Waals surface area (Å²) in [5.74, 6) is 0.826. The summed E-state index contributed by atoms with van der Waals surface area (Å²) in [7, 11) is 1.66. The second-order valence-electron chi connectivity index (χ2n) is 3.47. The predicted molar refractivity (Wildman–Crippen MR) is 65.2 cm³/mol. The third kappa shape index (κ3) is 1.64. The van der Waals surface area contributed by atoms with Gasteiger partial charge in [0.1, 0.15) is 5.75 Å². The fraction of sp³-hybridized carbons (Fsp3) is 0.273. The van der Waals surface area contributed by atoms with E-state index in [0.29, 0.717) is 6.54 Å². The number of ether oxygens (including phenoxy) is 1. The Balaban J connectivity index is 2.75. The van der Waals surface area contributed by atoms with E-state index in [2.05, 4.69) is 20.9 Å². The number of methoxy groups -OCH3 is 1. The van der Waals surface area contributed by atoms with Gasteiger partial charge in [-0.05, 0) is 34.5 Å². The lowest BCUT2D eigenvalue weighted by atomic mass is 10.1. The third-order valence-corrected chi connectivity index (χ3v) is 3.22. The molecule has 0 aliphatic heterocycles. The van der Waals surface area contributed by atoms with Gasteiger partial charge >= 0.3 is 0 Å². The highest BCUT2D eigenvalue weighted by molar-refractivity contribution is 9.10. The van der Waals surface area contributed by atoms with Crippen LogP contribution in [0.1, 0.15) is 11.3 Å². The van der Waals surface area contributed by atoms with Gasteiger partial charge in [0.2, 0.25) is 0 Å². The predicted octanol–water partition coefficient (Wildman–Crippen LogP) is 2.71. The Morgan fingerprint density at radius 2 is 2.20 bits per heavy atom. The van der Waals surface area contributed by atoms with E-state index >= 15 is 0 Å². The van der Waals surface area contributed by atoms with Crippen LogP contribution in [-0.2, 0) is 6.54 Å². The summed E-state index contributed by atoms with van der Waals surface area (Å²) in [4.78, 5) is 3.30. The summed E-state index contributed by atoms with van der Waals surface area (Å²) in [5, 5.41) is 1.16. The van der Waals surface area contributed by atoms with E-state index in [1.165, 1.54) is 0 Å². The molecule has 80 valence electrons. The Hall–Kier alpha value is -1.00. The minimum absolute atomic E-state index is 0.546. The standard InChI is InChI=1S/C11H13BrN2O/c1-6-8(5-13)7-3-9(12)11(15-2)4-10(7)14-6/h3-4,14H,5,13H2,1-2H3. The van der Waals surface area contributed by atoms with Gasteiger partial charge in [-0.25, -0.2) is 0 Å². The molecule has 2 rings (SSSR count). The molecule has 0 fully saturated rings. The molecule has 0 amide bonds. The molecule has 4 heteroatoms. The van der Waals surface area contributed by atoms with Gasteiger partial charge in [-0.1, -0.05) is 0 Å². The molecule has 0 bridgehead atoms. The number of fused-ring (bicyclic) bond motifs is 1. The monoisotopic (exact) mass is 268 g/mol. The molecule has 0 unspecified atom stereocenters. The summed E-state index contributed by atoms with van der Waals surface area (Å²) in [5.41, 5.74) is 9.06. The van der Waals surface area contributed by atoms with Crippen molar-refractivity contribution in [3.63, 3.8) is 0 Å². The first-order valence-corrected chi connectivity index (χ1v) is 5.51. The summed E-state index contributed by atoms with van der Waals surface area (Å²) >= 11 is 3.47. The van der Waals surface area contributed by atoms with Gasteiger partial charge in [0.05, 0.1) is 11.6 Å². The molecule has 2 aromatic rings. The Labute approximate surface area is 96.7 Å². The van der Waals surface area contributed by atoms with E-state index in [1.807, 2.05) is 19.1 Å². The van der Waals surface area contributed by atoms with Crippen molar-refractivity contribution in [3.05, 3.63) is 27.9 Å². The van der Waals surface area contributed by atoms with Crippen molar-refractivity contribution >= 4 is 26.8 Å². The minimum Gasteiger partial charge on any atom is -0.495 e. The molecule has 1 heterocycles. The number of nitrogens with two attached hydrogens (primary N) is 1. The molecule has 3 nitrogen and oxygen atoms in total. The number of aryl methyl sites for hydroxylation is 1. The number of rotatable bonds is 2. The number of H-pyrrole nitrogens is 1. The highest BCUT2D eigenvalue weighted by Crippen LogP contribution is 2.32. The van der Waals surface area contributed by atoms with Crippen LogP contribution in [0.2, 0.25) is 0 Å². The molecular formula is C11H13BrN2O. The average Bonchev–Trinajstić information content (AvgIpc) is 2.51. The van der Waals surface area contributed by atoms with Crippen LogP contribution in [0.15, 0.2) is 16.6 Å². The summed E-state index contributed by atoms with van der Waals surface area (Å²) in [6, 6.07) is 4.02. The van der Waals surface area contributed by atoms with E-state index in [1.54, 1.807) is 7.11 Å². The molecule has 3 N–H and O–H groups in total. The van der Waals surface area contributed by atoms with E-state index in [9.17, 15) is 0 Å². The molecule has 0 saturated heterocycles. The highest BCUT2D eigenvalue weighted by Gasteiger charge is 2.10. The van der Waals surface area contributed by atoms with Gasteiger partial charge in [-0.2, -0.15) is 0 Å². The Bertz CT molecular complexity index is 505. The highest BCUT2D eigenvalue weighted by atomic mass is 79.9. The average molecular weight is 269 g/mol. The quantitative estimate of drug-likeness (QED) is 0.880. The molecule has 0 aliphatic rings. The van der Waals surface area contributed by atoms with Crippen molar-refractivity contribution in [1.29, 1.82) is 0 Å². The zero-order valence-corrected chi connectivity index (χ0v) is 10.3. The summed E-state index contributed by atoms with van der Waals surface area (Å²) in [6.07, 6.45) is 0. The molecule has 15 heavy (non-hydrogen) atoms. The maximum absolute atomic E-state index is 5.72. The molecule has 0 saturated carbocycles. The third-order valence-electron chi connectivity index (χ3n) is 2.60. The van der Waals surface area contributed by atoms with Crippen LogP contribution in [0, 0.1) is 6.92 Å². The SMILES string of the molecule is COc1cc2[nH]c(C)c(CN)c2cc1Br. The van der Waals surface area contributed by atoms with Crippen molar-refractivity contribution in [1.82, 2.24) is 4.98 Å². The molecule has 1 aromatic carbocycles. The number of aromatic amines is 1. The van der Waals surface area contributed by atoms with Crippen LogP contribution in [0.5, 0.6) is 5.75 Å². The van der Waals surface area contributed by atoms with Crippen molar-refractivity contribution in [2.75, 3.05) is 7.11 Å². The van der Waals surface area contributed by atoms with Gasteiger partial charge in [-0.3, -0.25) is 0 Å². The van der Waals surface area contributed by atoms with Gasteiger partial charge in [0.15, 0.2) is 0 Å². The Morgan fingerprint density at radius 1 is 1.47 bits per heavy atom. The molecule has 0 radical (unpaired) electrons. The number of halogens is 1. The van der Waals surface area contributed by atoms with Crippen LogP contribution in [0.3, 0.4) is 0 Å². The van der Waals surface area contributed by atoms with Crippen LogP contribution in [0.4, 0.5) is 0 Å². The number of hydrogen-bond donors (Lipinski definition) is 2. The number of nitrogens with one attached hydrogen (secondary N) is 1. The summed E-state index contributed by atoms with van der Waals surface area (Å²) < 4.78 is 6.19. The lowest BCUT2D eigenvalue weighted by molar-refractivity contribution is 0.413. The fourth-order valence-corrected chi connectivity index (χ4v) is 2.31. The zero-order valence-electron chi connectivity index (χ0n) is 8.73. The molecule has 0 atom stereocenters. The molecule has 0 spiro atoms. The minimum atomic E-state index is 0.546. The van der Waals surface area contributed by atoms with Crippen LogP contribution < -0.4 is 10.5 Å². The van der Waals surface area contributed by atoms with Crippen molar-refractivity contribution in [2.24, 2.45) is 5.73 Å². The zero-order chi connectivity index (χ0) is 11.0. The molecule has 1 aromatic heterocycles. The normalized spacial score (nSPS) is 10.9. The van der Waals surface area contributed by atoms with Gasteiger partial charge in [-0.15, -0.1) is 0 Å². The smallest absolute Gasteiger partial charge is 0.135 e. The van der Waals surface area contributed by atoms with Crippen molar-refractivity contribution in [3.8, 4) is 5.75 Å². The van der Waals surface area contributed by atoms with Crippen LogP contribution in [0.25, 0.3) is 10.9 Å². The van der Waals surface area contributed by atoms with E-state index in [0.717, 1.165) is 32.4 Å². The van der Waals surface area contributed by atoms with E-state index in [4.69, 9.17) is 10.5 Å². The van der Waals surface area contributed by atoms with Gasteiger partial charge in [0.25, 0.3) is 0 Å². The first-order valence-electron chi connectivity index (χ1n) is 4.72. The van der Waals surface area contributed by atoms with Crippen LogP contribution in [-0.4, -0.2) is 12.1 Å². The topological polar surface area (TPSA) is 51.0 Å². The van der Waals surface area contributed by atoms with Gasteiger partial charge < -0.3 is 15.5 Å². The second kappa shape index (κ2) is 3.87. The lowest BCUT2D eigenvalue weighted by Gasteiger charge is -2.03. The maximum atomic E-state index is 5.72. The van der Waals surface area contributed by atoms with Gasteiger partial charge in [0, 0.05) is 29.2 Å². The first-order chi connectivity index (χ1) is 7.17. The second-order valence-corrected chi connectivity index (χ2v) is 4.32. The number of benzene rings is 1. The van der Waals surface area contributed by atoms with Crippen LogP contribution >= 0.6 is 15.9 Å². The largest absolute Gasteiger partial charge is 0.495 e. The lowest BCUT2D eigenvalue weighted by Crippen LogP contribution is -1.96. The Kier molecular flexibility index (Phi) is 2.71. The van der Waals surface area contributed by atoms with Crippen molar-refractivity contribution in [2.45, 2.75) is 13.5 Å². The fourth-order valence-electron chi connectivity index (χ4n) is 1.81. The first kappa shape index (κ1) is 10.5. The number of hydrogen-bond acceptors (Lipinski definition) is 2. The van der Waals surface area contributed by atoms with E-state index in [-0.39, 0.29) is 0 Å².